The van der Waals surface area contributed by atoms with Gasteiger partial charge in [0.15, 0.2) is 11.8 Å². The van der Waals surface area contributed by atoms with Crippen LogP contribution in [0.1, 0.15) is 44.0 Å². The molecule has 150 valence electrons. The zero-order chi connectivity index (χ0) is 18.9. The summed E-state index contributed by atoms with van der Waals surface area (Å²) in [5, 5.41) is 7.30. The molecule has 0 atom stereocenters. The standard InChI is InChI=1S/C19H29N5O2.HI/c1-6-20-19(21-12-11-17-22-18(14(2)3)23-26-17)24(4)13-15-7-9-16(25-5)10-8-15;/h7-10,14H,6,11-13H2,1-5H3,(H,20,21);1H. The molecule has 7 nitrogen and oxygen atoms in total. The summed E-state index contributed by atoms with van der Waals surface area (Å²) in [6, 6.07) is 8.06. The maximum absolute atomic E-state index is 5.27. The Morgan fingerprint density at radius 1 is 1.30 bits per heavy atom. The SMILES string of the molecule is CCNC(=NCCc1nc(C(C)C)no1)N(C)Cc1ccc(OC)cc1.I. The number of guanidine groups is 1. The number of aromatic nitrogens is 2. The van der Waals surface area contributed by atoms with Crippen LogP contribution in [0.2, 0.25) is 0 Å². The molecule has 0 fully saturated rings. The minimum Gasteiger partial charge on any atom is -0.497 e. The van der Waals surface area contributed by atoms with Crippen molar-refractivity contribution >= 4 is 29.9 Å². The summed E-state index contributed by atoms with van der Waals surface area (Å²) in [5.74, 6) is 3.35. The van der Waals surface area contributed by atoms with Gasteiger partial charge in [-0.3, -0.25) is 4.99 Å². The quantitative estimate of drug-likeness (QED) is 0.349. The van der Waals surface area contributed by atoms with Crippen LogP contribution in [0, 0.1) is 0 Å². The van der Waals surface area contributed by atoms with Crippen molar-refractivity contribution in [2.24, 2.45) is 4.99 Å². The maximum atomic E-state index is 5.27. The molecule has 1 heterocycles. The van der Waals surface area contributed by atoms with E-state index in [0.717, 1.165) is 30.6 Å². The van der Waals surface area contributed by atoms with Crippen molar-refractivity contribution in [2.45, 2.75) is 39.7 Å². The summed E-state index contributed by atoms with van der Waals surface area (Å²) in [5.41, 5.74) is 1.19. The highest BCUT2D eigenvalue weighted by molar-refractivity contribution is 14.0. The molecule has 1 aromatic carbocycles. The summed E-state index contributed by atoms with van der Waals surface area (Å²) in [6.07, 6.45) is 0.630. The molecule has 2 rings (SSSR count). The van der Waals surface area contributed by atoms with Gasteiger partial charge in [-0.05, 0) is 24.6 Å². The molecule has 1 aromatic heterocycles. The van der Waals surface area contributed by atoms with Crippen LogP contribution >= 0.6 is 24.0 Å². The molecular formula is C19H30IN5O2. The summed E-state index contributed by atoms with van der Waals surface area (Å²) < 4.78 is 10.5. The van der Waals surface area contributed by atoms with E-state index in [4.69, 9.17) is 9.26 Å². The molecule has 0 aliphatic rings. The van der Waals surface area contributed by atoms with Gasteiger partial charge in [0.2, 0.25) is 5.89 Å². The van der Waals surface area contributed by atoms with E-state index in [9.17, 15) is 0 Å². The lowest BCUT2D eigenvalue weighted by Crippen LogP contribution is -2.38. The summed E-state index contributed by atoms with van der Waals surface area (Å²) in [4.78, 5) is 11.2. The van der Waals surface area contributed by atoms with Gasteiger partial charge >= 0.3 is 0 Å². The van der Waals surface area contributed by atoms with Crippen molar-refractivity contribution in [3.63, 3.8) is 0 Å². The minimum absolute atomic E-state index is 0. The zero-order valence-electron chi connectivity index (χ0n) is 16.7. The number of ether oxygens (including phenoxy) is 1. The molecule has 2 aromatic rings. The van der Waals surface area contributed by atoms with E-state index in [1.807, 2.05) is 33.0 Å². The molecule has 0 radical (unpaired) electrons. The zero-order valence-corrected chi connectivity index (χ0v) is 19.1. The first-order chi connectivity index (χ1) is 12.5. The van der Waals surface area contributed by atoms with Gasteiger partial charge in [0, 0.05) is 32.5 Å². The molecule has 8 heteroatoms. The lowest BCUT2D eigenvalue weighted by molar-refractivity contribution is 0.372. The maximum Gasteiger partial charge on any atom is 0.228 e. The number of hydrogen-bond donors (Lipinski definition) is 1. The third kappa shape index (κ3) is 7.36. The molecule has 0 bridgehead atoms. The molecule has 0 saturated carbocycles. The first kappa shape index (κ1) is 23.2. The van der Waals surface area contributed by atoms with E-state index in [1.54, 1.807) is 7.11 Å². The second kappa shape index (κ2) is 11.8. The number of hydrogen-bond acceptors (Lipinski definition) is 5. The molecule has 0 amide bonds. The number of aliphatic imine (C=N–C) groups is 1. The highest BCUT2D eigenvalue weighted by Crippen LogP contribution is 2.13. The predicted octanol–water partition coefficient (Wildman–Crippen LogP) is 3.46. The van der Waals surface area contributed by atoms with Gasteiger partial charge in [0.1, 0.15) is 5.75 Å². The molecule has 27 heavy (non-hydrogen) atoms. The number of rotatable bonds is 8. The van der Waals surface area contributed by atoms with Gasteiger partial charge in [-0.2, -0.15) is 4.98 Å². The van der Waals surface area contributed by atoms with Crippen LogP contribution in [0.5, 0.6) is 5.75 Å². The smallest absolute Gasteiger partial charge is 0.228 e. The summed E-state index contributed by atoms with van der Waals surface area (Å²) in [6.45, 7) is 8.31. The lowest BCUT2D eigenvalue weighted by atomic mass is 10.2. The Bertz CT molecular complexity index is 700. The summed E-state index contributed by atoms with van der Waals surface area (Å²) in [7, 11) is 3.69. The molecular weight excluding hydrogens is 457 g/mol. The number of methoxy groups -OCH3 is 1. The van der Waals surface area contributed by atoms with Gasteiger partial charge in [0.25, 0.3) is 0 Å². The molecule has 0 spiro atoms. The normalized spacial score (nSPS) is 11.3. The fourth-order valence-corrected chi connectivity index (χ4v) is 2.41. The summed E-state index contributed by atoms with van der Waals surface area (Å²) >= 11 is 0. The number of nitrogens with one attached hydrogen (secondary N) is 1. The fourth-order valence-electron chi connectivity index (χ4n) is 2.41. The largest absolute Gasteiger partial charge is 0.497 e. The molecule has 0 aliphatic heterocycles. The van der Waals surface area contributed by atoms with Gasteiger partial charge in [-0.25, -0.2) is 0 Å². The van der Waals surface area contributed by atoms with Crippen LogP contribution in [-0.4, -0.2) is 48.2 Å². The van der Waals surface area contributed by atoms with Gasteiger partial charge in [-0.1, -0.05) is 31.1 Å². The van der Waals surface area contributed by atoms with Crippen molar-refractivity contribution in [3.8, 4) is 5.75 Å². The molecule has 0 saturated heterocycles. The average Bonchev–Trinajstić information content (AvgIpc) is 3.11. The van der Waals surface area contributed by atoms with Crippen molar-refractivity contribution in [2.75, 3.05) is 27.2 Å². The second-order valence-electron chi connectivity index (χ2n) is 6.39. The Morgan fingerprint density at radius 3 is 2.56 bits per heavy atom. The Morgan fingerprint density at radius 2 is 2.00 bits per heavy atom. The van der Waals surface area contributed by atoms with Crippen LogP contribution in [0.15, 0.2) is 33.8 Å². The monoisotopic (exact) mass is 487 g/mol. The molecule has 1 N–H and O–H groups in total. The van der Waals surface area contributed by atoms with Crippen molar-refractivity contribution in [1.82, 2.24) is 20.4 Å². The van der Waals surface area contributed by atoms with E-state index in [-0.39, 0.29) is 29.9 Å². The lowest BCUT2D eigenvalue weighted by Gasteiger charge is -2.22. The van der Waals surface area contributed by atoms with Crippen molar-refractivity contribution in [3.05, 3.63) is 41.5 Å². The van der Waals surface area contributed by atoms with Crippen LogP contribution in [-0.2, 0) is 13.0 Å². The Kier molecular flexibility index (Phi) is 10.1. The Hall–Kier alpha value is -1.84. The highest BCUT2D eigenvalue weighted by atomic mass is 127. The fraction of sp³-hybridized carbons (Fsp3) is 0.526. The second-order valence-corrected chi connectivity index (χ2v) is 6.39. The van der Waals surface area contributed by atoms with Crippen LogP contribution in [0.25, 0.3) is 0 Å². The van der Waals surface area contributed by atoms with Crippen molar-refractivity contribution in [1.29, 1.82) is 0 Å². The number of nitrogens with zero attached hydrogens (tertiary/aromatic N) is 4. The van der Waals surface area contributed by atoms with Crippen LogP contribution in [0.4, 0.5) is 0 Å². The topological polar surface area (TPSA) is 75.8 Å². The van der Waals surface area contributed by atoms with E-state index < -0.39 is 0 Å². The highest BCUT2D eigenvalue weighted by Gasteiger charge is 2.10. The Balaban J connectivity index is 0.00000364. The number of halogens is 1. The van der Waals surface area contributed by atoms with E-state index in [0.29, 0.717) is 18.9 Å². The first-order valence-electron chi connectivity index (χ1n) is 8.98. The van der Waals surface area contributed by atoms with E-state index >= 15 is 0 Å². The average molecular weight is 487 g/mol. The first-order valence-corrected chi connectivity index (χ1v) is 8.98. The third-order valence-corrected chi connectivity index (χ3v) is 3.86. The van der Waals surface area contributed by atoms with Gasteiger partial charge < -0.3 is 19.5 Å². The minimum atomic E-state index is 0. The predicted molar refractivity (Wildman–Crippen MR) is 118 cm³/mol. The van der Waals surface area contributed by atoms with Gasteiger partial charge in [-0.15, -0.1) is 24.0 Å². The van der Waals surface area contributed by atoms with Crippen LogP contribution < -0.4 is 10.1 Å². The Labute approximate surface area is 178 Å². The third-order valence-electron chi connectivity index (χ3n) is 3.86. The van der Waals surface area contributed by atoms with Crippen molar-refractivity contribution < 1.29 is 9.26 Å². The molecule has 0 aliphatic carbocycles. The number of benzene rings is 1. The molecule has 0 unspecified atom stereocenters. The van der Waals surface area contributed by atoms with Crippen LogP contribution in [0.3, 0.4) is 0 Å². The van der Waals surface area contributed by atoms with Gasteiger partial charge in [0.05, 0.1) is 13.7 Å². The van der Waals surface area contributed by atoms with E-state index in [1.165, 1.54) is 5.56 Å². The van der Waals surface area contributed by atoms with E-state index in [2.05, 4.69) is 44.4 Å².